The summed E-state index contributed by atoms with van der Waals surface area (Å²) in [6, 6.07) is 14.4. The van der Waals surface area contributed by atoms with Gasteiger partial charge in [-0.2, -0.15) is 0 Å². The SMILES string of the molecule is CN=C(NCCn1cccc1)NCc1sc(-c2ccccc2)nc1C.I. The summed E-state index contributed by atoms with van der Waals surface area (Å²) >= 11 is 1.73. The van der Waals surface area contributed by atoms with E-state index in [1.165, 1.54) is 4.88 Å². The van der Waals surface area contributed by atoms with Gasteiger partial charge in [0.1, 0.15) is 5.01 Å². The Hall–Kier alpha value is -1.87. The number of aliphatic imine (C=N–C) groups is 1. The van der Waals surface area contributed by atoms with Gasteiger partial charge in [-0.3, -0.25) is 4.99 Å². The number of guanidine groups is 1. The molecule has 0 aliphatic rings. The van der Waals surface area contributed by atoms with Crippen molar-refractivity contribution in [1.29, 1.82) is 0 Å². The molecule has 5 nitrogen and oxygen atoms in total. The maximum Gasteiger partial charge on any atom is 0.191 e. The molecule has 0 saturated heterocycles. The topological polar surface area (TPSA) is 54.2 Å². The van der Waals surface area contributed by atoms with E-state index in [2.05, 4.69) is 51.6 Å². The van der Waals surface area contributed by atoms with Crippen molar-refractivity contribution < 1.29 is 0 Å². The van der Waals surface area contributed by atoms with Gasteiger partial charge in [-0.25, -0.2) is 4.98 Å². The average molecular weight is 481 g/mol. The summed E-state index contributed by atoms with van der Waals surface area (Å²) < 4.78 is 2.14. The number of benzene rings is 1. The van der Waals surface area contributed by atoms with Crippen molar-refractivity contribution in [3.05, 3.63) is 65.4 Å². The molecule has 2 heterocycles. The predicted octanol–water partition coefficient (Wildman–Crippen LogP) is 3.90. The number of nitrogens with one attached hydrogen (secondary N) is 2. The Bertz CT molecular complexity index is 812. The van der Waals surface area contributed by atoms with E-state index in [1.807, 2.05) is 30.3 Å². The number of nitrogens with zero attached hydrogens (tertiary/aromatic N) is 3. The van der Waals surface area contributed by atoms with Crippen LogP contribution in [0.5, 0.6) is 0 Å². The van der Waals surface area contributed by atoms with Gasteiger partial charge in [0, 0.05) is 43.0 Å². The Morgan fingerprint density at radius 1 is 1.12 bits per heavy atom. The van der Waals surface area contributed by atoms with Crippen LogP contribution in [0.25, 0.3) is 10.6 Å². The van der Waals surface area contributed by atoms with E-state index in [-0.39, 0.29) is 24.0 Å². The third-order valence-corrected chi connectivity index (χ3v) is 5.09. The van der Waals surface area contributed by atoms with E-state index >= 15 is 0 Å². The monoisotopic (exact) mass is 481 g/mol. The van der Waals surface area contributed by atoms with E-state index in [0.717, 1.165) is 41.9 Å². The first kappa shape index (κ1) is 20.4. The highest BCUT2D eigenvalue weighted by atomic mass is 127. The highest BCUT2D eigenvalue weighted by molar-refractivity contribution is 14.0. The summed E-state index contributed by atoms with van der Waals surface area (Å²) in [6.07, 6.45) is 4.12. The molecule has 138 valence electrons. The van der Waals surface area contributed by atoms with Crippen LogP contribution in [0.1, 0.15) is 10.6 Å². The van der Waals surface area contributed by atoms with E-state index in [4.69, 9.17) is 4.98 Å². The number of rotatable bonds is 6. The summed E-state index contributed by atoms with van der Waals surface area (Å²) in [5, 5.41) is 7.77. The van der Waals surface area contributed by atoms with Gasteiger partial charge in [-0.05, 0) is 19.1 Å². The van der Waals surface area contributed by atoms with Gasteiger partial charge in [-0.1, -0.05) is 30.3 Å². The zero-order chi connectivity index (χ0) is 17.5. The lowest BCUT2D eigenvalue weighted by atomic mass is 10.2. The summed E-state index contributed by atoms with van der Waals surface area (Å²) in [7, 11) is 1.79. The Kier molecular flexibility index (Phi) is 8.11. The third kappa shape index (κ3) is 5.57. The number of thiazole rings is 1. The lowest BCUT2D eigenvalue weighted by molar-refractivity contribution is 0.665. The number of hydrogen-bond donors (Lipinski definition) is 2. The number of aryl methyl sites for hydroxylation is 1. The molecule has 2 aromatic heterocycles. The van der Waals surface area contributed by atoms with E-state index in [1.54, 1.807) is 18.4 Å². The first-order valence-corrected chi connectivity index (χ1v) is 9.15. The highest BCUT2D eigenvalue weighted by Crippen LogP contribution is 2.27. The number of aromatic nitrogens is 2. The van der Waals surface area contributed by atoms with E-state index in [9.17, 15) is 0 Å². The second kappa shape index (κ2) is 10.3. The van der Waals surface area contributed by atoms with Crippen LogP contribution in [0, 0.1) is 6.92 Å². The second-order valence-electron chi connectivity index (χ2n) is 5.67. The summed E-state index contributed by atoms with van der Waals surface area (Å²) in [5.41, 5.74) is 2.23. The molecule has 1 aromatic carbocycles. The molecular formula is C19H24IN5S. The van der Waals surface area contributed by atoms with Crippen LogP contribution in [-0.2, 0) is 13.1 Å². The molecule has 0 amide bonds. The minimum Gasteiger partial charge on any atom is -0.355 e. The molecule has 26 heavy (non-hydrogen) atoms. The molecule has 0 radical (unpaired) electrons. The van der Waals surface area contributed by atoms with Crippen LogP contribution in [-0.4, -0.2) is 29.1 Å². The first-order chi connectivity index (χ1) is 12.3. The van der Waals surface area contributed by atoms with Crippen LogP contribution < -0.4 is 10.6 Å². The predicted molar refractivity (Wildman–Crippen MR) is 120 cm³/mol. The second-order valence-corrected chi connectivity index (χ2v) is 6.75. The quantitative estimate of drug-likeness (QED) is 0.319. The minimum atomic E-state index is 0. The van der Waals surface area contributed by atoms with Gasteiger partial charge in [0.15, 0.2) is 5.96 Å². The fourth-order valence-electron chi connectivity index (χ4n) is 2.50. The normalized spacial score (nSPS) is 11.1. The van der Waals surface area contributed by atoms with Crippen molar-refractivity contribution in [2.75, 3.05) is 13.6 Å². The van der Waals surface area contributed by atoms with Crippen LogP contribution in [0.4, 0.5) is 0 Å². The van der Waals surface area contributed by atoms with E-state index < -0.39 is 0 Å². The Morgan fingerprint density at radius 3 is 2.54 bits per heavy atom. The Balaban J connectivity index is 0.00000243. The molecule has 0 unspecified atom stereocenters. The molecular weight excluding hydrogens is 457 g/mol. The van der Waals surface area contributed by atoms with Crippen molar-refractivity contribution in [1.82, 2.24) is 20.2 Å². The van der Waals surface area contributed by atoms with E-state index in [0.29, 0.717) is 0 Å². The maximum absolute atomic E-state index is 4.70. The van der Waals surface area contributed by atoms with Crippen LogP contribution >= 0.6 is 35.3 Å². The zero-order valence-corrected chi connectivity index (χ0v) is 18.1. The van der Waals surface area contributed by atoms with Crippen LogP contribution in [0.2, 0.25) is 0 Å². The zero-order valence-electron chi connectivity index (χ0n) is 15.0. The molecule has 0 fully saturated rings. The van der Waals surface area contributed by atoms with Gasteiger partial charge in [0.05, 0.1) is 12.2 Å². The fourth-order valence-corrected chi connectivity index (χ4v) is 3.51. The maximum atomic E-state index is 4.70. The summed E-state index contributed by atoms with van der Waals surface area (Å²) in [6.45, 7) is 4.51. The van der Waals surface area contributed by atoms with Gasteiger partial charge < -0.3 is 15.2 Å². The van der Waals surface area contributed by atoms with Gasteiger partial charge in [0.25, 0.3) is 0 Å². The van der Waals surface area contributed by atoms with Gasteiger partial charge in [0.2, 0.25) is 0 Å². The average Bonchev–Trinajstić information content (AvgIpc) is 3.28. The summed E-state index contributed by atoms with van der Waals surface area (Å²) in [4.78, 5) is 10.2. The highest BCUT2D eigenvalue weighted by Gasteiger charge is 2.09. The minimum absolute atomic E-state index is 0. The number of hydrogen-bond acceptors (Lipinski definition) is 3. The van der Waals surface area contributed by atoms with Crippen LogP contribution in [0.3, 0.4) is 0 Å². The Labute approximate surface area is 175 Å². The smallest absolute Gasteiger partial charge is 0.191 e. The standard InChI is InChI=1S/C19H23N5S.HI/c1-15-17(25-18(23-15)16-8-4-3-5-9-16)14-22-19(20-2)21-10-13-24-11-6-7-12-24;/h3-9,11-12H,10,13-14H2,1-2H3,(H2,20,21,22);1H. The van der Waals surface area contributed by atoms with Crippen molar-refractivity contribution in [2.45, 2.75) is 20.0 Å². The lowest BCUT2D eigenvalue weighted by Crippen LogP contribution is -2.38. The van der Waals surface area contributed by atoms with Crippen LogP contribution in [0.15, 0.2) is 59.9 Å². The van der Waals surface area contributed by atoms with Gasteiger partial charge in [-0.15, -0.1) is 35.3 Å². The Morgan fingerprint density at radius 2 is 1.85 bits per heavy atom. The molecule has 3 rings (SSSR count). The van der Waals surface area contributed by atoms with Crippen molar-refractivity contribution in [2.24, 2.45) is 4.99 Å². The largest absolute Gasteiger partial charge is 0.355 e. The molecule has 0 bridgehead atoms. The third-order valence-electron chi connectivity index (χ3n) is 3.88. The first-order valence-electron chi connectivity index (χ1n) is 8.33. The molecule has 2 N–H and O–H groups in total. The van der Waals surface area contributed by atoms with Crippen molar-refractivity contribution in [3.63, 3.8) is 0 Å². The number of halogens is 1. The molecule has 0 aliphatic carbocycles. The van der Waals surface area contributed by atoms with Gasteiger partial charge >= 0.3 is 0 Å². The molecule has 0 atom stereocenters. The molecule has 0 aliphatic heterocycles. The lowest BCUT2D eigenvalue weighted by Gasteiger charge is -2.11. The molecule has 0 saturated carbocycles. The van der Waals surface area contributed by atoms with Crippen molar-refractivity contribution in [3.8, 4) is 10.6 Å². The molecule has 7 heteroatoms. The molecule has 3 aromatic rings. The molecule has 0 spiro atoms. The summed E-state index contributed by atoms with van der Waals surface area (Å²) in [5.74, 6) is 0.807. The fraction of sp³-hybridized carbons (Fsp3) is 0.263. The van der Waals surface area contributed by atoms with Crippen molar-refractivity contribution >= 4 is 41.3 Å².